The Kier molecular flexibility index (Phi) is 4.83. The van der Waals surface area contributed by atoms with Gasteiger partial charge in [0.15, 0.2) is 0 Å². The van der Waals surface area contributed by atoms with Gasteiger partial charge in [-0.15, -0.1) is 0 Å². The van der Waals surface area contributed by atoms with Crippen LogP contribution in [0.15, 0.2) is 41.6 Å². The summed E-state index contributed by atoms with van der Waals surface area (Å²) >= 11 is 0. The molecule has 1 aliphatic rings. The van der Waals surface area contributed by atoms with Gasteiger partial charge >= 0.3 is 17.5 Å². The molecule has 1 aliphatic heterocycles. The number of carboxylic acid groups (broad SMARTS) is 2. The molecule has 2 N–H and O–H groups in total. The van der Waals surface area contributed by atoms with Gasteiger partial charge in [0.1, 0.15) is 0 Å². The predicted molar refractivity (Wildman–Crippen MR) is 85.0 cm³/mol. The van der Waals surface area contributed by atoms with E-state index in [1.165, 1.54) is 0 Å². The Balaban J connectivity index is 2.37. The molecule has 0 bridgehead atoms. The van der Waals surface area contributed by atoms with Gasteiger partial charge in [-0.1, -0.05) is 55.4 Å². The molecule has 0 radical (unpaired) electrons. The number of allylic oxidation sites excluding steroid dienone is 2. The molecule has 0 saturated heterocycles. The van der Waals surface area contributed by atoms with Gasteiger partial charge in [0, 0.05) is 5.57 Å². The Bertz CT molecular complexity index is 647. The van der Waals surface area contributed by atoms with Gasteiger partial charge in [0.05, 0.1) is 12.1 Å². The Hall–Kier alpha value is -2.63. The van der Waals surface area contributed by atoms with Crippen molar-refractivity contribution >= 4 is 23.2 Å². The van der Waals surface area contributed by atoms with E-state index in [-0.39, 0.29) is 6.42 Å². The number of carboxylic acids is 2. The van der Waals surface area contributed by atoms with E-state index in [2.05, 4.69) is 19.0 Å². The summed E-state index contributed by atoms with van der Waals surface area (Å²) in [5.41, 5.74) is -0.450. The fourth-order valence-corrected chi connectivity index (χ4v) is 2.27. The third kappa shape index (κ3) is 3.41. The van der Waals surface area contributed by atoms with Gasteiger partial charge in [-0.2, -0.15) is 0 Å². The lowest BCUT2D eigenvalue weighted by atomic mass is 9.90. The van der Waals surface area contributed by atoms with E-state index in [0.29, 0.717) is 17.2 Å². The standard InChI is InChI=1S/C17H19NO5/c1-11(2)8-9-13(12-6-4-3-5-7-12)14-10-17(15(19)20,16(21)22)23-18-14/h3-7,9,11H,8,10H2,1-2H3,(H,19,20)(H,21,22)/b13-9+. The maximum atomic E-state index is 11.3. The Morgan fingerprint density at radius 3 is 2.35 bits per heavy atom. The number of nitrogens with zero attached hydrogens (tertiary/aromatic N) is 1. The van der Waals surface area contributed by atoms with Crippen LogP contribution in [0.5, 0.6) is 0 Å². The molecule has 0 unspecified atom stereocenters. The average Bonchev–Trinajstić information content (AvgIpc) is 2.95. The molecule has 0 aliphatic carbocycles. The maximum absolute atomic E-state index is 11.3. The van der Waals surface area contributed by atoms with E-state index in [1.807, 2.05) is 36.4 Å². The number of benzene rings is 1. The second-order valence-corrected chi connectivity index (χ2v) is 5.86. The fraction of sp³-hybridized carbons (Fsp3) is 0.353. The van der Waals surface area contributed by atoms with E-state index >= 15 is 0 Å². The summed E-state index contributed by atoms with van der Waals surface area (Å²) in [6.07, 6.45) is 2.40. The van der Waals surface area contributed by atoms with E-state index < -0.39 is 17.5 Å². The Morgan fingerprint density at radius 1 is 1.26 bits per heavy atom. The van der Waals surface area contributed by atoms with Crippen molar-refractivity contribution < 1.29 is 24.6 Å². The van der Waals surface area contributed by atoms with Crippen molar-refractivity contribution in [3.63, 3.8) is 0 Å². The first-order valence-corrected chi connectivity index (χ1v) is 7.34. The zero-order chi connectivity index (χ0) is 17.0. The summed E-state index contributed by atoms with van der Waals surface area (Å²) in [5, 5.41) is 22.2. The molecular formula is C17H19NO5. The van der Waals surface area contributed by atoms with Crippen molar-refractivity contribution in [1.29, 1.82) is 0 Å². The number of aliphatic carboxylic acids is 2. The highest BCUT2D eigenvalue weighted by Crippen LogP contribution is 2.31. The van der Waals surface area contributed by atoms with Crippen LogP contribution in [0, 0.1) is 5.92 Å². The van der Waals surface area contributed by atoms with Gasteiger partial charge in [-0.05, 0) is 17.9 Å². The predicted octanol–water partition coefficient (Wildman–Crippen LogP) is 2.80. The minimum absolute atomic E-state index is 0.309. The van der Waals surface area contributed by atoms with Crippen LogP contribution in [0.25, 0.3) is 5.57 Å². The zero-order valence-corrected chi connectivity index (χ0v) is 13.0. The summed E-state index contributed by atoms with van der Waals surface area (Å²) in [4.78, 5) is 27.5. The molecule has 23 heavy (non-hydrogen) atoms. The third-order valence-corrected chi connectivity index (χ3v) is 3.61. The van der Waals surface area contributed by atoms with Crippen LogP contribution in [-0.2, 0) is 14.4 Å². The smallest absolute Gasteiger partial charge is 0.363 e. The molecular weight excluding hydrogens is 298 g/mol. The van der Waals surface area contributed by atoms with Crippen molar-refractivity contribution in [1.82, 2.24) is 0 Å². The first-order chi connectivity index (χ1) is 10.9. The minimum Gasteiger partial charge on any atom is -0.478 e. The molecule has 0 saturated carbocycles. The van der Waals surface area contributed by atoms with Crippen LogP contribution < -0.4 is 0 Å². The van der Waals surface area contributed by atoms with E-state index in [0.717, 1.165) is 12.0 Å². The largest absolute Gasteiger partial charge is 0.478 e. The molecule has 0 aromatic heterocycles. The number of hydrogen-bond acceptors (Lipinski definition) is 4. The van der Waals surface area contributed by atoms with Gasteiger partial charge in [0.2, 0.25) is 0 Å². The molecule has 0 spiro atoms. The second kappa shape index (κ2) is 6.64. The lowest BCUT2D eigenvalue weighted by Gasteiger charge is -2.16. The molecule has 6 heteroatoms. The highest BCUT2D eigenvalue weighted by molar-refractivity contribution is 6.27. The zero-order valence-electron chi connectivity index (χ0n) is 13.0. The minimum atomic E-state index is -2.35. The highest BCUT2D eigenvalue weighted by atomic mass is 16.7. The van der Waals surface area contributed by atoms with Crippen LogP contribution >= 0.6 is 0 Å². The monoisotopic (exact) mass is 317 g/mol. The van der Waals surface area contributed by atoms with Gasteiger partial charge in [0.25, 0.3) is 0 Å². The SMILES string of the molecule is CC(C)C/C=C(/C1=NOC(C(=O)O)(C(=O)O)C1)c1ccccc1. The molecule has 0 amide bonds. The fourth-order valence-electron chi connectivity index (χ4n) is 2.27. The highest BCUT2D eigenvalue weighted by Gasteiger charge is 2.55. The van der Waals surface area contributed by atoms with Crippen LogP contribution in [-0.4, -0.2) is 33.5 Å². The number of oxime groups is 1. The van der Waals surface area contributed by atoms with Crippen molar-refractivity contribution in [2.45, 2.75) is 32.3 Å². The second-order valence-electron chi connectivity index (χ2n) is 5.86. The summed E-state index contributed by atoms with van der Waals surface area (Å²) in [5.74, 6) is -2.71. The number of rotatable bonds is 6. The van der Waals surface area contributed by atoms with Gasteiger partial charge in [-0.25, -0.2) is 9.59 Å². The topological polar surface area (TPSA) is 96.2 Å². The molecule has 122 valence electrons. The molecule has 1 aromatic carbocycles. The number of hydrogen-bond donors (Lipinski definition) is 2. The van der Waals surface area contributed by atoms with E-state index in [1.54, 1.807) is 0 Å². The van der Waals surface area contributed by atoms with Crippen molar-refractivity contribution in [3.8, 4) is 0 Å². The summed E-state index contributed by atoms with van der Waals surface area (Å²) in [7, 11) is 0. The lowest BCUT2D eigenvalue weighted by molar-refractivity contribution is -0.179. The molecule has 0 fully saturated rings. The lowest BCUT2D eigenvalue weighted by Crippen LogP contribution is -2.46. The van der Waals surface area contributed by atoms with Crippen molar-refractivity contribution in [2.24, 2.45) is 11.1 Å². The van der Waals surface area contributed by atoms with Crippen molar-refractivity contribution in [3.05, 3.63) is 42.0 Å². The Morgan fingerprint density at radius 2 is 1.87 bits per heavy atom. The third-order valence-electron chi connectivity index (χ3n) is 3.61. The normalized spacial score (nSPS) is 16.8. The van der Waals surface area contributed by atoms with Crippen LogP contribution in [0.4, 0.5) is 0 Å². The molecule has 1 heterocycles. The first-order valence-electron chi connectivity index (χ1n) is 7.34. The van der Waals surface area contributed by atoms with Gasteiger partial charge < -0.3 is 15.1 Å². The van der Waals surface area contributed by atoms with Gasteiger partial charge in [-0.3, -0.25) is 0 Å². The van der Waals surface area contributed by atoms with Crippen molar-refractivity contribution in [2.75, 3.05) is 0 Å². The molecule has 6 nitrogen and oxygen atoms in total. The van der Waals surface area contributed by atoms with Crippen LogP contribution in [0.3, 0.4) is 0 Å². The molecule has 2 rings (SSSR count). The summed E-state index contributed by atoms with van der Waals surface area (Å²) in [6.45, 7) is 4.12. The summed E-state index contributed by atoms with van der Waals surface area (Å²) < 4.78 is 0. The average molecular weight is 317 g/mol. The Labute approximate surface area is 134 Å². The van der Waals surface area contributed by atoms with Crippen LogP contribution in [0.2, 0.25) is 0 Å². The molecule has 1 aromatic rings. The first kappa shape index (κ1) is 16.7. The molecule has 0 atom stereocenters. The summed E-state index contributed by atoms with van der Waals surface area (Å²) in [6, 6.07) is 9.33. The van der Waals surface area contributed by atoms with E-state index in [4.69, 9.17) is 4.84 Å². The quantitative estimate of drug-likeness (QED) is 0.786. The number of carbonyl (C=O) groups is 2. The van der Waals surface area contributed by atoms with E-state index in [9.17, 15) is 19.8 Å². The van der Waals surface area contributed by atoms with Crippen LogP contribution in [0.1, 0.15) is 32.3 Å². The maximum Gasteiger partial charge on any atom is 0.363 e.